The van der Waals surface area contributed by atoms with Crippen molar-refractivity contribution in [1.29, 1.82) is 0 Å². The SMILES string of the molecule is CC.CC1CN(Cc2ccc(-n3c(-c4cccnc4N)nc4ccc(-c5ccccc5)nc43)cc2)CCN1. The fourth-order valence-electron chi connectivity index (χ4n) is 4.92. The second-order valence-electron chi connectivity index (χ2n) is 9.37. The summed E-state index contributed by atoms with van der Waals surface area (Å²) in [5.41, 5.74) is 12.9. The van der Waals surface area contributed by atoms with Crippen molar-refractivity contribution in [3.63, 3.8) is 0 Å². The number of benzene rings is 2. The summed E-state index contributed by atoms with van der Waals surface area (Å²) in [6.07, 6.45) is 1.70. The molecule has 3 N–H and O–H groups in total. The van der Waals surface area contributed by atoms with Gasteiger partial charge in [-0.05, 0) is 48.9 Å². The second kappa shape index (κ2) is 11.5. The lowest BCUT2D eigenvalue weighted by molar-refractivity contribution is 0.199. The number of aromatic nitrogens is 4. The minimum atomic E-state index is 0.446. The Balaban J connectivity index is 0.00000144. The van der Waals surface area contributed by atoms with Gasteiger partial charge in [0.05, 0.1) is 11.3 Å². The Morgan fingerprint density at radius 1 is 0.921 bits per heavy atom. The highest BCUT2D eigenvalue weighted by Crippen LogP contribution is 2.31. The fourth-order valence-corrected chi connectivity index (χ4v) is 4.92. The summed E-state index contributed by atoms with van der Waals surface area (Å²) >= 11 is 0. The third-order valence-corrected chi connectivity index (χ3v) is 6.71. The highest BCUT2D eigenvalue weighted by Gasteiger charge is 2.19. The number of rotatable bonds is 5. The molecule has 1 unspecified atom stereocenters. The molecule has 7 nitrogen and oxygen atoms in total. The van der Waals surface area contributed by atoms with Gasteiger partial charge < -0.3 is 11.1 Å². The molecule has 1 saturated heterocycles. The van der Waals surface area contributed by atoms with E-state index in [-0.39, 0.29) is 0 Å². The van der Waals surface area contributed by atoms with E-state index < -0.39 is 0 Å². The van der Waals surface area contributed by atoms with E-state index in [4.69, 9.17) is 15.7 Å². The molecule has 3 aromatic heterocycles. The number of hydrogen-bond acceptors (Lipinski definition) is 6. The number of pyridine rings is 2. The van der Waals surface area contributed by atoms with Crippen LogP contribution in [0.15, 0.2) is 85.1 Å². The van der Waals surface area contributed by atoms with Gasteiger partial charge in [-0.25, -0.2) is 15.0 Å². The van der Waals surface area contributed by atoms with Crippen molar-refractivity contribution in [2.75, 3.05) is 25.4 Å². The molecule has 0 saturated carbocycles. The number of piperazine rings is 1. The molecule has 194 valence electrons. The molecular weight excluding hydrogens is 470 g/mol. The number of nitrogens with two attached hydrogens (primary N) is 1. The number of imidazole rings is 1. The van der Waals surface area contributed by atoms with Gasteiger partial charge in [-0.2, -0.15) is 0 Å². The summed E-state index contributed by atoms with van der Waals surface area (Å²) in [5.74, 6) is 1.18. The smallest absolute Gasteiger partial charge is 0.165 e. The van der Waals surface area contributed by atoms with Crippen LogP contribution in [-0.4, -0.2) is 50.1 Å². The van der Waals surface area contributed by atoms with E-state index in [0.29, 0.717) is 11.9 Å². The fraction of sp³-hybridized carbons (Fsp3) is 0.258. The number of nitrogens with one attached hydrogen (secondary N) is 1. The Morgan fingerprint density at radius 2 is 1.71 bits per heavy atom. The van der Waals surface area contributed by atoms with Crippen LogP contribution in [0.4, 0.5) is 5.82 Å². The van der Waals surface area contributed by atoms with Crippen LogP contribution in [0, 0.1) is 0 Å². The molecule has 0 aliphatic carbocycles. The number of hydrogen-bond donors (Lipinski definition) is 2. The predicted octanol–water partition coefficient (Wildman–Crippen LogP) is 5.55. The summed E-state index contributed by atoms with van der Waals surface area (Å²) in [5, 5.41) is 3.51. The lowest BCUT2D eigenvalue weighted by Crippen LogP contribution is -2.48. The zero-order chi connectivity index (χ0) is 26.5. The molecule has 0 radical (unpaired) electrons. The molecule has 1 aliphatic heterocycles. The highest BCUT2D eigenvalue weighted by atomic mass is 15.2. The third-order valence-electron chi connectivity index (χ3n) is 6.71. The first-order valence-electron chi connectivity index (χ1n) is 13.4. The first kappa shape index (κ1) is 25.6. The topological polar surface area (TPSA) is 84.9 Å². The van der Waals surface area contributed by atoms with Crippen molar-refractivity contribution in [2.24, 2.45) is 0 Å². The summed E-state index contributed by atoms with van der Waals surface area (Å²) in [7, 11) is 0. The summed E-state index contributed by atoms with van der Waals surface area (Å²) in [4.78, 5) is 16.8. The Labute approximate surface area is 224 Å². The molecule has 4 heterocycles. The number of fused-ring (bicyclic) bond motifs is 1. The number of nitrogen functional groups attached to an aromatic ring is 1. The highest BCUT2D eigenvalue weighted by molar-refractivity contribution is 5.84. The maximum atomic E-state index is 6.29. The molecule has 2 aromatic carbocycles. The van der Waals surface area contributed by atoms with Crippen molar-refractivity contribution >= 4 is 17.0 Å². The quantitative estimate of drug-likeness (QED) is 0.326. The lowest BCUT2D eigenvalue weighted by atomic mass is 10.1. The summed E-state index contributed by atoms with van der Waals surface area (Å²) < 4.78 is 2.09. The Hall–Kier alpha value is -4.07. The summed E-state index contributed by atoms with van der Waals surface area (Å²) in [6.45, 7) is 10.3. The van der Waals surface area contributed by atoms with E-state index in [1.54, 1.807) is 6.20 Å². The minimum Gasteiger partial charge on any atom is -0.383 e. The first-order chi connectivity index (χ1) is 18.7. The van der Waals surface area contributed by atoms with Crippen molar-refractivity contribution in [1.82, 2.24) is 29.7 Å². The summed E-state index contributed by atoms with van der Waals surface area (Å²) in [6, 6.07) is 27.3. The molecule has 1 aliphatic rings. The van der Waals surface area contributed by atoms with Gasteiger partial charge in [0.15, 0.2) is 11.5 Å². The van der Waals surface area contributed by atoms with E-state index in [9.17, 15) is 0 Å². The Morgan fingerprint density at radius 3 is 2.45 bits per heavy atom. The molecule has 6 rings (SSSR count). The van der Waals surface area contributed by atoms with E-state index >= 15 is 0 Å². The van der Waals surface area contributed by atoms with Gasteiger partial charge >= 0.3 is 0 Å². The van der Waals surface area contributed by atoms with E-state index in [1.165, 1.54) is 5.56 Å². The zero-order valence-electron chi connectivity index (χ0n) is 22.3. The number of nitrogens with zero attached hydrogens (tertiary/aromatic N) is 5. The van der Waals surface area contributed by atoms with Gasteiger partial charge in [-0.1, -0.05) is 56.3 Å². The monoisotopic (exact) mass is 505 g/mol. The maximum Gasteiger partial charge on any atom is 0.165 e. The maximum absolute atomic E-state index is 6.29. The molecule has 0 bridgehead atoms. The standard InChI is InChI=1S/C29H29N7.C2H6/c1-20-18-35(17-16-31-20)19-21-9-11-23(12-10-21)36-28(24-8-5-15-32-27(24)30)34-26-14-13-25(33-29(26)36)22-6-3-2-4-7-22;1-2/h2-15,20,31H,16-19H2,1H3,(H2,30,32);1-2H3. The van der Waals surface area contributed by atoms with Gasteiger partial charge in [0.1, 0.15) is 11.3 Å². The van der Waals surface area contributed by atoms with Crippen LogP contribution in [0.1, 0.15) is 26.3 Å². The van der Waals surface area contributed by atoms with Gasteiger partial charge in [-0.3, -0.25) is 9.47 Å². The average Bonchev–Trinajstić information content (AvgIpc) is 3.34. The van der Waals surface area contributed by atoms with Crippen LogP contribution in [0.2, 0.25) is 0 Å². The van der Waals surface area contributed by atoms with Gasteiger partial charge in [0, 0.05) is 49.7 Å². The first-order valence-corrected chi connectivity index (χ1v) is 13.4. The van der Waals surface area contributed by atoms with Crippen LogP contribution >= 0.6 is 0 Å². The minimum absolute atomic E-state index is 0.446. The largest absolute Gasteiger partial charge is 0.383 e. The van der Waals surface area contributed by atoms with Gasteiger partial charge in [0.2, 0.25) is 0 Å². The third kappa shape index (κ3) is 5.30. The molecule has 1 fully saturated rings. The Bertz CT molecular complexity index is 1490. The molecule has 1 atom stereocenters. The van der Waals surface area contributed by atoms with Crippen molar-refractivity contribution in [3.8, 4) is 28.3 Å². The lowest BCUT2D eigenvalue weighted by Gasteiger charge is -2.31. The van der Waals surface area contributed by atoms with Gasteiger partial charge in [0.25, 0.3) is 0 Å². The predicted molar refractivity (Wildman–Crippen MR) is 156 cm³/mol. The van der Waals surface area contributed by atoms with Crippen molar-refractivity contribution in [2.45, 2.75) is 33.4 Å². The van der Waals surface area contributed by atoms with Crippen molar-refractivity contribution < 1.29 is 0 Å². The van der Waals surface area contributed by atoms with E-state index in [0.717, 1.165) is 65.7 Å². The van der Waals surface area contributed by atoms with Crippen LogP contribution in [0.25, 0.3) is 39.5 Å². The zero-order valence-corrected chi connectivity index (χ0v) is 22.3. The average molecular weight is 506 g/mol. The van der Waals surface area contributed by atoms with Gasteiger partial charge in [-0.15, -0.1) is 0 Å². The van der Waals surface area contributed by atoms with Crippen LogP contribution in [0.5, 0.6) is 0 Å². The second-order valence-corrected chi connectivity index (χ2v) is 9.37. The number of anilines is 1. The molecule has 5 aromatic rings. The normalized spacial score (nSPS) is 15.7. The van der Waals surface area contributed by atoms with E-state index in [1.807, 2.05) is 56.3 Å². The Kier molecular flexibility index (Phi) is 7.77. The molecule has 0 spiro atoms. The van der Waals surface area contributed by atoms with Crippen LogP contribution in [0.3, 0.4) is 0 Å². The molecule has 38 heavy (non-hydrogen) atoms. The van der Waals surface area contributed by atoms with Crippen molar-refractivity contribution in [3.05, 3.63) is 90.6 Å². The van der Waals surface area contributed by atoms with Crippen LogP contribution < -0.4 is 11.1 Å². The van der Waals surface area contributed by atoms with Crippen LogP contribution in [-0.2, 0) is 6.54 Å². The van der Waals surface area contributed by atoms with E-state index in [2.05, 4.69) is 63.1 Å². The molecule has 0 amide bonds. The molecule has 7 heteroatoms. The molecular formula is C31H35N7.